The molecule has 152 valence electrons. The highest BCUT2D eigenvalue weighted by Gasteiger charge is 2.52. The number of hydrogen-bond acceptors (Lipinski definition) is 7. The number of hydrogen-bond donors (Lipinski definition) is 0. The van der Waals surface area contributed by atoms with Gasteiger partial charge in [-0.25, -0.2) is 4.79 Å². The number of rotatable bonds is 9. The summed E-state index contributed by atoms with van der Waals surface area (Å²) in [7, 11) is -4.40. The van der Waals surface area contributed by atoms with E-state index in [1.807, 2.05) is 19.6 Å². The quantitative estimate of drug-likeness (QED) is 0.246. The standard InChI is InChI=1S/C16H35NO6Si3/c1-19-17-11-12(21-24(2,3)4)13-14(22-25(5,6)7)15(16(18)20-13)23-26(8,9)10/h11-15H,1-10H3/b17-11-. The van der Waals surface area contributed by atoms with E-state index in [0.717, 1.165) is 0 Å². The summed E-state index contributed by atoms with van der Waals surface area (Å²) in [5.74, 6) is -0.393. The molecule has 1 aliphatic heterocycles. The molecule has 0 aromatic carbocycles. The Morgan fingerprint density at radius 3 is 1.92 bits per heavy atom. The maximum absolute atomic E-state index is 12.6. The molecule has 0 bridgehead atoms. The number of carbonyl (C=O) groups excluding carboxylic acids is 1. The molecule has 1 saturated heterocycles. The Morgan fingerprint density at radius 2 is 1.50 bits per heavy atom. The minimum absolute atomic E-state index is 0.393. The summed E-state index contributed by atoms with van der Waals surface area (Å²) in [4.78, 5) is 17.4. The first kappa shape index (κ1) is 23.5. The van der Waals surface area contributed by atoms with Gasteiger partial charge in [-0.05, 0) is 58.9 Å². The lowest BCUT2D eigenvalue weighted by atomic mass is 10.1. The van der Waals surface area contributed by atoms with Crippen molar-refractivity contribution in [2.75, 3.05) is 7.11 Å². The van der Waals surface area contributed by atoms with Crippen LogP contribution >= 0.6 is 0 Å². The smallest absolute Gasteiger partial charge is 0.337 e. The van der Waals surface area contributed by atoms with Crippen molar-refractivity contribution < 1.29 is 27.6 Å². The van der Waals surface area contributed by atoms with Gasteiger partial charge >= 0.3 is 5.97 Å². The predicted molar refractivity (Wildman–Crippen MR) is 110 cm³/mol. The lowest BCUT2D eigenvalue weighted by Gasteiger charge is -2.34. The molecule has 4 atom stereocenters. The van der Waals surface area contributed by atoms with E-state index >= 15 is 0 Å². The maximum atomic E-state index is 12.6. The molecule has 0 N–H and O–H groups in total. The van der Waals surface area contributed by atoms with Crippen molar-refractivity contribution in [3.05, 3.63) is 0 Å². The van der Waals surface area contributed by atoms with Gasteiger partial charge in [-0.3, -0.25) is 0 Å². The number of cyclic esters (lactones) is 1. The number of nitrogens with zero attached hydrogens (tertiary/aromatic N) is 1. The Labute approximate surface area is 160 Å². The molecule has 1 rings (SSSR count). The van der Waals surface area contributed by atoms with Gasteiger partial charge in [0.25, 0.3) is 0 Å². The molecule has 0 radical (unpaired) electrons. The molecule has 1 heterocycles. The van der Waals surface area contributed by atoms with Crippen molar-refractivity contribution in [3.63, 3.8) is 0 Å². The Kier molecular flexibility index (Phi) is 7.82. The van der Waals surface area contributed by atoms with Crippen LogP contribution in [0, 0.1) is 0 Å². The number of oxime groups is 1. The SMILES string of the molecule is CO/N=C\C(O[Si](C)(C)C)C1OC(=O)C(O[Si](C)(C)C)C1O[Si](C)(C)C. The summed E-state index contributed by atoms with van der Waals surface area (Å²) >= 11 is 0. The van der Waals surface area contributed by atoms with Crippen LogP contribution in [0.5, 0.6) is 0 Å². The molecule has 0 aromatic rings. The fourth-order valence-electron chi connectivity index (χ4n) is 2.57. The van der Waals surface area contributed by atoms with Crippen molar-refractivity contribution in [2.24, 2.45) is 5.16 Å². The van der Waals surface area contributed by atoms with Crippen LogP contribution in [0.2, 0.25) is 58.9 Å². The highest BCUT2D eigenvalue weighted by molar-refractivity contribution is 6.70. The van der Waals surface area contributed by atoms with Gasteiger partial charge in [0.2, 0.25) is 0 Å². The fraction of sp³-hybridized carbons (Fsp3) is 0.875. The Balaban J connectivity index is 3.21. The van der Waals surface area contributed by atoms with Crippen molar-refractivity contribution in [3.8, 4) is 0 Å². The van der Waals surface area contributed by atoms with Crippen molar-refractivity contribution >= 4 is 37.1 Å². The third kappa shape index (κ3) is 8.01. The molecular formula is C16H35NO6Si3. The third-order valence-electron chi connectivity index (χ3n) is 3.20. The first-order chi connectivity index (χ1) is 11.6. The third-order valence-corrected chi connectivity index (χ3v) is 6.12. The molecule has 0 spiro atoms. The van der Waals surface area contributed by atoms with Gasteiger partial charge in [-0.2, -0.15) is 0 Å². The van der Waals surface area contributed by atoms with Gasteiger partial charge in [0, 0.05) is 0 Å². The molecule has 26 heavy (non-hydrogen) atoms. The first-order valence-corrected chi connectivity index (χ1v) is 19.2. The molecule has 0 aromatic heterocycles. The van der Waals surface area contributed by atoms with E-state index in [9.17, 15) is 4.79 Å². The summed E-state index contributed by atoms with van der Waals surface area (Å²) < 4.78 is 24.4. The van der Waals surface area contributed by atoms with E-state index in [1.165, 1.54) is 7.11 Å². The molecule has 1 fully saturated rings. The summed E-state index contributed by atoms with van der Waals surface area (Å²) in [6.45, 7) is 18.6. The molecule has 0 saturated carbocycles. The number of carbonyl (C=O) groups is 1. The lowest BCUT2D eigenvalue weighted by Crippen LogP contribution is -2.52. The van der Waals surface area contributed by atoms with Crippen LogP contribution in [-0.4, -0.2) is 68.7 Å². The highest BCUT2D eigenvalue weighted by atomic mass is 28.4. The van der Waals surface area contributed by atoms with Gasteiger partial charge in [-0.15, -0.1) is 0 Å². The zero-order valence-corrected chi connectivity index (χ0v) is 20.8. The average Bonchev–Trinajstić information content (AvgIpc) is 2.67. The van der Waals surface area contributed by atoms with Crippen LogP contribution < -0.4 is 0 Å². The second kappa shape index (κ2) is 8.65. The summed E-state index contributed by atoms with van der Waals surface area (Å²) in [6, 6.07) is 0. The summed E-state index contributed by atoms with van der Waals surface area (Å²) in [6.07, 6.45) is -0.857. The Bertz CT molecular complexity index is 510. The number of esters is 1. The van der Waals surface area contributed by atoms with Gasteiger partial charge < -0.3 is 22.9 Å². The average molecular weight is 422 g/mol. The monoisotopic (exact) mass is 421 g/mol. The Morgan fingerprint density at radius 1 is 0.962 bits per heavy atom. The zero-order chi connectivity index (χ0) is 20.3. The van der Waals surface area contributed by atoms with Crippen LogP contribution in [0.15, 0.2) is 5.16 Å². The normalized spacial score (nSPS) is 26.2. The van der Waals surface area contributed by atoms with Crippen molar-refractivity contribution in [2.45, 2.75) is 83.3 Å². The van der Waals surface area contributed by atoms with Gasteiger partial charge in [0.05, 0.1) is 6.21 Å². The molecule has 7 nitrogen and oxygen atoms in total. The maximum Gasteiger partial charge on any atom is 0.337 e. The molecule has 4 unspecified atom stereocenters. The van der Waals surface area contributed by atoms with Gasteiger partial charge in [0.15, 0.2) is 37.2 Å². The van der Waals surface area contributed by atoms with E-state index in [1.54, 1.807) is 6.21 Å². The lowest BCUT2D eigenvalue weighted by molar-refractivity contribution is -0.148. The minimum atomic E-state index is -1.97. The summed E-state index contributed by atoms with van der Waals surface area (Å²) in [5, 5.41) is 3.86. The molecule has 1 aliphatic rings. The second-order valence-electron chi connectivity index (χ2n) is 9.38. The fourth-order valence-corrected chi connectivity index (χ4v) is 5.65. The van der Waals surface area contributed by atoms with Crippen LogP contribution in [0.3, 0.4) is 0 Å². The number of ether oxygens (including phenoxy) is 1. The van der Waals surface area contributed by atoms with E-state index in [4.69, 9.17) is 22.9 Å². The zero-order valence-electron chi connectivity index (χ0n) is 17.8. The van der Waals surface area contributed by atoms with Crippen molar-refractivity contribution in [1.29, 1.82) is 0 Å². The molecule has 0 amide bonds. The molecular weight excluding hydrogens is 386 g/mol. The van der Waals surface area contributed by atoms with Gasteiger partial charge in [0.1, 0.15) is 19.3 Å². The largest absolute Gasteiger partial charge is 0.454 e. The topological polar surface area (TPSA) is 75.6 Å². The first-order valence-electron chi connectivity index (χ1n) is 8.93. The molecule has 10 heteroatoms. The van der Waals surface area contributed by atoms with E-state index in [2.05, 4.69) is 44.4 Å². The van der Waals surface area contributed by atoms with Crippen LogP contribution in [-0.2, 0) is 27.6 Å². The molecule has 0 aliphatic carbocycles. The van der Waals surface area contributed by atoms with E-state index in [0.29, 0.717) is 0 Å². The van der Waals surface area contributed by atoms with E-state index in [-0.39, 0.29) is 0 Å². The van der Waals surface area contributed by atoms with Crippen LogP contribution in [0.1, 0.15) is 0 Å². The van der Waals surface area contributed by atoms with Crippen LogP contribution in [0.25, 0.3) is 0 Å². The van der Waals surface area contributed by atoms with Crippen molar-refractivity contribution in [1.82, 2.24) is 0 Å². The highest BCUT2D eigenvalue weighted by Crippen LogP contribution is 2.31. The second-order valence-corrected chi connectivity index (χ2v) is 22.8. The Hall–Kier alpha value is -0.529. The summed E-state index contributed by atoms with van der Waals surface area (Å²) in [5.41, 5.74) is 0. The van der Waals surface area contributed by atoms with Gasteiger partial charge in [-0.1, -0.05) is 5.16 Å². The van der Waals surface area contributed by atoms with E-state index < -0.39 is 55.3 Å². The predicted octanol–water partition coefficient (Wildman–Crippen LogP) is 3.20. The minimum Gasteiger partial charge on any atom is -0.454 e. The van der Waals surface area contributed by atoms with Crippen LogP contribution in [0.4, 0.5) is 0 Å².